The minimum atomic E-state index is -0.299. The van der Waals surface area contributed by atoms with Crippen LogP contribution < -0.4 is 5.32 Å². The van der Waals surface area contributed by atoms with Crippen molar-refractivity contribution >= 4 is 18.5 Å². The maximum Gasteiger partial charge on any atom is 0.407 e. The summed E-state index contributed by atoms with van der Waals surface area (Å²) in [4.78, 5) is 10.6. The zero-order valence-electron chi connectivity index (χ0n) is 6.63. The van der Waals surface area contributed by atoms with Gasteiger partial charge in [0.05, 0.1) is 0 Å². The normalized spacial score (nSPS) is 17.2. The monoisotopic (exact) mass is 179 g/mol. The number of amides is 1. The SMILES string of the molecule is CNC(=O)OC1CCCC1.Cl. The lowest BCUT2D eigenvalue weighted by Gasteiger charge is -2.09. The largest absolute Gasteiger partial charge is 0.446 e. The molecule has 0 aromatic heterocycles. The van der Waals surface area contributed by atoms with Gasteiger partial charge in [0.2, 0.25) is 0 Å². The fourth-order valence-electron chi connectivity index (χ4n) is 1.22. The van der Waals surface area contributed by atoms with E-state index in [4.69, 9.17) is 4.74 Å². The lowest BCUT2D eigenvalue weighted by Crippen LogP contribution is -2.24. The predicted molar refractivity (Wildman–Crippen MR) is 45.0 cm³/mol. The Hall–Kier alpha value is -0.440. The summed E-state index contributed by atoms with van der Waals surface area (Å²) >= 11 is 0. The van der Waals surface area contributed by atoms with Crippen molar-refractivity contribution in [1.29, 1.82) is 0 Å². The number of hydrogen-bond donors (Lipinski definition) is 1. The van der Waals surface area contributed by atoms with Gasteiger partial charge in [-0.05, 0) is 25.7 Å². The summed E-state index contributed by atoms with van der Waals surface area (Å²) in [7, 11) is 1.58. The van der Waals surface area contributed by atoms with Crippen molar-refractivity contribution < 1.29 is 9.53 Å². The topological polar surface area (TPSA) is 38.3 Å². The first-order valence-corrected chi connectivity index (χ1v) is 3.71. The highest BCUT2D eigenvalue weighted by molar-refractivity contribution is 5.85. The van der Waals surface area contributed by atoms with E-state index in [-0.39, 0.29) is 24.6 Å². The zero-order valence-corrected chi connectivity index (χ0v) is 7.45. The van der Waals surface area contributed by atoms with E-state index in [0.717, 1.165) is 12.8 Å². The molecule has 0 aromatic carbocycles. The summed E-state index contributed by atoms with van der Waals surface area (Å²) in [6.45, 7) is 0. The summed E-state index contributed by atoms with van der Waals surface area (Å²) in [5, 5.41) is 2.43. The van der Waals surface area contributed by atoms with Gasteiger partial charge in [-0.2, -0.15) is 0 Å². The number of carbonyl (C=O) groups excluding carboxylic acids is 1. The molecule has 1 amide bonds. The van der Waals surface area contributed by atoms with Crippen LogP contribution in [0.1, 0.15) is 25.7 Å². The van der Waals surface area contributed by atoms with Crippen LogP contribution in [0.5, 0.6) is 0 Å². The maximum atomic E-state index is 10.6. The van der Waals surface area contributed by atoms with Gasteiger partial charge in [-0.25, -0.2) is 4.79 Å². The van der Waals surface area contributed by atoms with Crippen LogP contribution in [0.2, 0.25) is 0 Å². The molecule has 0 bridgehead atoms. The van der Waals surface area contributed by atoms with Crippen molar-refractivity contribution in [3.05, 3.63) is 0 Å². The summed E-state index contributed by atoms with van der Waals surface area (Å²) in [5.41, 5.74) is 0. The highest BCUT2D eigenvalue weighted by Crippen LogP contribution is 2.20. The van der Waals surface area contributed by atoms with Gasteiger partial charge in [-0.1, -0.05) is 0 Å². The molecule has 1 N–H and O–H groups in total. The van der Waals surface area contributed by atoms with E-state index >= 15 is 0 Å². The predicted octanol–water partition coefficient (Wildman–Crippen LogP) is 1.71. The van der Waals surface area contributed by atoms with Crippen LogP contribution >= 0.6 is 12.4 Å². The molecule has 0 saturated heterocycles. The minimum absolute atomic E-state index is 0. The molecule has 66 valence electrons. The average Bonchev–Trinajstić information content (AvgIpc) is 2.40. The number of halogens is 1. The van der Waals surface area contributed by atoms with Gasteiger partial charge in [0.25, 0.3) is 0 Å². The van der Waals surface area contributed by atoms with Crippen LogP contribution in [0.4, 0.5) is 4.79 Å². The third-order valence-corrected chi connectivity index (χ3v) is 1.78. The van der Waals surface area contributed by atoms with Crippen molar-refractivity contribution in [2.45, 2.75) is 31.8 Å². The molecule has 1 aliphatic carbocycles. The molecule has 1 fully saturated rings. The molecule has 0 spiro atoms. The van der Waals surface area contributed by atoms with E-state index in [1.54, 1.807) is 7.05 Å². The summed E-state index contributed by atoms with van der Waals surface area (Å²) in [6.07, 6.45) is 4.34. The van der Waals surface area contributed by atoms with Crippen LogP contribution in [0.3, 0.4) is 0 Å². The average molecular weight is 180 g/mol. The van der Waals surface area contributed by atoms with Gasteiger partial charge in [-0.3, -0.25) is 0 Å². The fraction of sp³-hybridized carbons (Fsp3) is 0.857. The summed E-state index contributed by atoms with van der Waals surface area (Å²) < 4.78 is 5.01. The number of hydrogen-bond acceptors (Lipinski definition) is 2. The van der Waals surface area contributed by atoms with E-state index in [1.165, 1.54) is 12.8 Å². The van der Waals surface area contributed by atoms with Crippen molar-refractivity contribution in [3.63, 3.8) is 0 Å². The Labute approximate surface area is 72.9 Å². The Balaban J connectivity index is 0.000001000. The van der Waals surface area contributed by atoms with Gasteiger partial charge in [0.15, 0.2) is 0 Å². The van der Waals surface area contributed by atoms with Crippen molar-refractivity contribution in [2.24, 2.45) is 0 Å². The first-order chi connectivity index (χ1) is 4.83. The fourth-order valence-corrected chi connectivity index (χ4v) is 1.22. The van der Waals surface area contributed by atoms with Gasteiger partial charge >= 0.3 is 6.09 Å². The molecule has 4 heteroatoms. The van der Waals surface area contributed by atoms with Gasteiger partial charge in [0.1, 0.15) is 6.10 Å². The van der Waals surface area contributed by atoms with E-state index in [0.29, 0.717) is 0 Å². The van der Waals surface area contributed by atoms with Crippen LogP contribution in [-0.4, -0.2) is 19.2 Å². The Morgan fingerprint density at radius 3 is 2.45 bits per heavy atom. The van der Waals surface area contributed by atoms with Gasteiger partial charge in [-0.15, -0.1) is 12.4 Å². The van der Waals surface area contributed by atoms with Crippen molar-refractivity contribution in [3.8, 4) is 0 Å². The first-order valence-electron chi connectivity index (χ1n) is 3.71. The molecular formula is C7H14ClNO2. The first kappa shape index (κ1) is 10.6. The second-order valence-corrected chi connectivity index (χ2v) is 2.56. The van der Waals surface area contributed by atoms with Gasteiger partial charge in [0, 0.05) is 7.05 Å². The molecule has 1 rings (SSSR count). The lowest BCUT2D eigenvalue weighted by molar-refractivity contribution is 0.103. The number of nitrogens with one attached hydrogen (secondary N) is 1. The number of alkyl carbamates (subject to hydrolysis) is 1. The second-order valence-electron chi connectivity index (χ2n) is 2.56. The second kappa shape index (κ2) is 5.24. The molecule has 0 atom stereocenters. The highest BCUT2D eigenvalue weighted by atomic mass is 35.5. The minimum Gasteiger partial charge on any atom is -0.446 e. The molecule has 0 radical (unpaired) electrons. The Morgan fingerprint density at radius 2 is 2.00 bits per heavy atom. The molecule has 0 aromatic rings. The third-order valence-electron chi connectivity index (χ3n) is 1.78. The van der Waals surface area contributed by atoms with Gasteiger partial charge < -0.3 is 10.1 Å². The Kier molecular flexibility index (Phi) is 5.03. The number of rotatable bonds is 1. The molecule has 0 heterocycles. The molecule has 1 aliphatic rings. The van der Waals surface area contributed by atoms with E-state index in [1.807, 2.05) is 0 Å². The van der Waals surface area contributed by atoms with Crippen LogP contribution in [0.25, 0.3) is 0 Å². The van der Waals surface area contributed by atoms with Crippen molar-refractivity contribution in [2.75, 3.05) is 7.05 Å². The lowest BCUT2D eigenvalue weighted by atomic mass is 10.3. The number of ether oxygens (including phenoxy) is 1. The molecule has 11 heavy (non-hydrogen) atoms. The molecule has 3 nitrogen and oxygen atoms in total. The smallest absolute Gasteiger partial charge is 0.407 e. The van der Waals surface area contributed by atoms with E-state index in [2.05, 4.69) is 5.32 Å². The van der Waals surface area contributed by atoms with E-state index in [9.17, 15) is 4.79 Å². The summed E-state index contributed by atoms with van der Waals surface area (Å²) in [5.74, 6) is 0. The highest BCUT2D eigenvalue weighted by Gasteiger charge is 2.17. The Morgan fingerprint density at radius 1 is 1.45 bits per heavy atom. The molecule has 0 unspecified atom stereocenters. The van der Waals surface area contributed by atoms with Crippen LogP contribution in [0, 0.1) is 0 Å². The zero-order chi connectivity index (χ0) is 7.40. The van der Waals surface area contributed by atoms with Crippen LogP contribution in [-0.2, 0) is 4.74 Å². The van der Waals surface area contributed by atoms with Crippen LogP contribution in [0.15, 0.2) is 0 Å². The Bertz CT molecular complexity index is 124. The summed E-state index contributed by atoms with van der Waals surface area (Å²) in [6, 6.07) is 0. The molecule has 0 aliphatic heterocycles. The third kappa shape index (κ3) is 3.46. The standard InChI is InChI=1S/C7H13NO2.ClH/c1-8-7(9)10-6-4-2-3-5-6;/h6H,2-5H2,1H3,(H,8,9);1H. The quantitative estimate of drug-likeness (QED) is 0.666. The van der Waals surface area contributed by atoms with E-state index < -0.39 is 0 Å². The maximum absolute atomic E-state index is 10.6. The van der Waals surface area contributed by atoms with Crippen molar-refractivity contribution in [1.82, 2.24) is 5.32 Å². The number of carbonyl (C=O) groups is 1. The molecular weight excluding hydrogens is 166 g/mol. The molecule has 1 saturated carbocycles.